The zero-order valence-corrected chi connectivity index (χ0v) is 15.1. The van der Waals surface area contributed by atoms with Gasteiger partial charge < -0.3 is 5.32 Å². The number of hydrogen-bond acceptors (Lipinski definition) is 4. The van der Waals surface area contributed by atoms with E-state index >= 15 is 0 Å². The van der Waals surface area contributed by atoms with Crippen LogP contribution in [0, 0.1) is 0 Å². The van der Waals surface area contributed by atoms with Crippen LogP contribution in [0.25, 0.3) is 0 Å². The molecule has 1 aromatic carbocycles. The smallest absolute Gasteiger partial charge is 0.323 e. The van der Waals surface area contributed by atoms with E-state index in [1.54, 1.807) is 0 Å². The molecule has 9 heteroatoms. The van der Waals surface area contributed by atoms with Crippen molar-refractivity contribution >= 4 is 22.1 Å². The third kappa shape index (κ3) is 3.14. The van der Waals surface area contributed by atoms with Crippen LogP contribution in [-0.2, 0) is 21.5 Å². The largest absolute Gasteiger partial charge is 0.325 e. The van der Waals surface area contributed by atoms with E-state index in [2.05, 4.69) is 5.32 Å². The van der Waals surface area contributed by atoms with Crippen LogP contribution in [0.2, 0.25) is 0 Å². The van der Waals surface area contributed by atoms with Crippen LogP contribution in [0.1, 0.15) is 18.4 Å². The molecule has 0 atom stereocenters. The summed E-state index contributed by atoms with van der Waals surface area (Å²) in [5.41, 5.74) is -0.125. The van der Waals surface area contributed by atoms with Crippen LogP contribution < -0.4 is 5.32 Å². The Bertz CT molecular complexity index is 771. The standard InChI is InChI=1S/C16H22N4O4S/c1-18(2)25(23,24)19-10-8-16(9-11-19)14(21)20(15(22)17-16)12-13-6-4-3-5-7-13/h3-7H,8-12H2,1-2H3,(H,17,22). The number of nitrogens with zero attached hydrogens (tertiary/aromatic N) is 3. The van der Waals surface area contributed by atoms with Crippen LogP contribution in [0.5, 0.6) is 0 Å². The van der Waals surface area contributed by atoms with Gasteiger partial charge in [0.15, 0.2) is 0 Å². The molecule has 0 aliphatic carbocycles. The van der Waals surface area contributed by atoms with Crippen LogP contribution in [0.15, 0.2) is 30.3 Å². The van der Waals surface area contributed by atoms with Crippen LogP contribution in [0.4, 0.5) is 4.79 Å². The van der Waals surface area contributed by atoms with Crippen molar-refractivity contribution < 1.29 is 18.0 Å². The fraction of sp³-hybridized carbons (Fsp3) is 0.500. The molecule has 1 spiro atoms. The molecular formula is C16H22N4O4S. The summed E-state index contributed by atoms with van der Waals surface area (Å²) < 4.78 is 26.9. The fourth-order valence-electron chi connectivity index (χ4n) is 3.25. The van der Waals surface area contributed by atoms with Crippen molar-refractivity contribution in [3.63, 3.8) is 0 Å². The third-order valence-electron chi connectivity index (χ3n) is 4.79. The monoisotopic (exact) mass is 366 g/mol. The first-order valence-corrected chi connectivity index (χ1v) is 9.52. The number of amides is 3. The molecule has 25 heavy (non-hydrogen) atoms. The van der Waals surface area contributed by atoms with Crippen molar-refractivity contribution in [2.75, 3.05) is 27.2 Å². The zero-order chi connectivity index (χ0) is 18.2. The van der Waals surface area contributed by atoms with Gasteiger partial charge in [0.25, 0.3) is 16.1 Å². The highest BCUT2D eigenvalue weighted by Gasteiger charge is 2.53. The van der Waals surface area contributed by atoms with Gasteiger partial charge in [-0.3, -0.25) is 9.69 Å². The highest BCUT2D eigenvalue weighted by Crippen LogP contribution is 2.31. The molecule has 0 aromatic heterocycles. The van der Waals surface area contributed by atoms with Gasteiger partial charge in [0.1, 0.15) is 5.54 Å². The van der Waals surface area contributed by atoms with E-state index in [1.165, 1.54) is 23.3 Å². The van der Waals surface area contributed by atoms with E-state index in [1.807, 2.05) is 30.3 Å². The molecule has 8 nitrogen and oxygen atoms in total. The summed E-state index contributed by atoms with van der Waals surface area (Å²) in [4.78, 5) is 26.4. The number of hydrogen-bond donors (Lipinski definition) is 1. The Morgan fingerprint density at radius 3 is 2.28 bits per heavy atom. The van der Waals surface area contributed by atoms with Gasteiger partial charge in [-0.15, -0.1) is 0 Å². The third-order valence-corrected chi connectivity index (χ3v) is 6.73. The molecule has 2 aliphatic rings. The molecule has 1 aromatic rings. The van der Waals surface area contributed by atoms with Crippen molar-refractivity contribution in [2.24, 2.45) is 0 Å². The lowest BCUT2D eigenvalue weighted by atomic mass is 9.88. The molecule has 2 aliphatic heterocycles. The quantitative estimate of drug-likeness (QED) is 0.780. The second-order valence-electron chi connectivity index (χ2n) is 6.58. The Labute approximate surface area is 147 Å². The topological polar surface area (TPSA) is 90.0 Å². The number of imide groups is 1. The van der Waals surface area contributed by atoms with Gasteiger partial charge in [0, 0.05) is 27.2 Å². The summed E-state index contributed by atoms with van der Waals surface area (Å²) in [7, 11) is -0.558. The maximum absolute atomic E-state index is 12.9. The first kappa shape index (κ1) is 17.8. The van der Waals surface area contributed by atoms with Crippen molar-refractivity contribution in [3.05, 3.63) is 35.9 Å². The summed E-state index contributed by atoms with van der Waals surface area (Å²) in [5, 5.41) is 2.79. The average molecular weight is 366 g/mol. The molecule has 0 unspecified atom stereocenters. The zero-order valence-electron chi connectivity index (χ0n) is 14.3. The van der Waals surface area contributed by atoms with Crippen molar-refractivity contribution in [2.45, 2.75) is 24.9 Å². The molecule has 0 radical (unpaired) electrons. The molecule has 3 amide bonds. The lowest BCUT2D eigenvalue weighted by molar-refractivity contribution is -0.133. The first-order chi connectivity index (χ1) is 11.8. The van der Waals surface area contributed by atoms with Gasteiger partial charge in [-0.25, -0.2) is 4.79 Å². The minimum Gasteiger partial charge on any atom is -0.323 e. The molecule has 2 saturated heterocycles. The molecule has 136 valence electrons. The van der Waals surface area contributed by atoms with Gasteiger partial charge >= 0.3 is 6.03 Å². The number of nitrogens with one attached hydrogen (secondary N) is 1. The van der Waals surface area contributed by atoms with Crippen molar-refractivity contribution in [1.82, 2.24) is 18.8 Å². The second-order valence-corrected chi connectivity index (χ2v) is 8.72. The van der Waals surface area contributed by atoms with Gasteiger partial charge in [-0.1, -0.05) is 30.3 Å². The van der Waals surface area contributed by atoms with Gasteiger partial charge in [-0.2, -0.15) is 17.0 Å². The molecule has 2 fully saturated rings. The molecule has 0 bridgehead atoms. The molecule has 0 saturated carbocycles. The van der Waals surface area contributed by atoms with Gasteiger partial charge in [0.05, 0.1) is 6.54 Å². The minimum atomic E-state index is -3.51. The predicted molar refractivity (Wildman–Crippen MR) is 91.7 cm³/mol. The van der Waals surface area contributed by atoms with E-state index < -0.39 is 21.8 Å². The summed E-state index contributed by atoms with van der Waals surface area (Å²) in [6.45, 7) is 0.615. The van der Waals surface area contributed by atoms with Crippen LogP contribution in [-0.4, -0.2) is 66.6 Å². The lowest BCUT2D eigenvalue weighted by Gasteiger charge is -2.37. The number of benzene rings is 1. The number of carbonyl (C=O) groups is 2. The molecule has 3 rings (SSSR count). The maximum atomic E-state index is 12.9. The Morgan fingerprint density at radius 2 is 1.72 bits per heavy atom. The Balaban J connectivity index is 1.72. The summed E-state index contributed by atoms with van der Waals surface area (Å²) in [5.74, 6) is -0.275. The normalized spacial score (nSPS) is 21.2. The highest BCUT2D eigenvalue weighted by molar-refractivity contribution is 7.86. The van der Waals surface area contributed by atoms with E-state index in [4.69, 9.17) is 0 Å². The van der Waals surface area contributed by atoms with E-state index in [0.29, 0.717) is 0 Å². The van der Waals surface area contributed by atoms with E-state index in [9.17, 15) is 18.0 Å². The molecule has 2 heterocycles. The molecule has 1 N–H and O–H groups in total. The Morgan fingerprint density at radius 1 is 1.12 bits per heavy atom. The van der Waals surface area contributed by atoms with E-state index in [0.717, 1.165) is 9.87 Å². The van der Waals surface area contributed by atoms with Crippen LogP contribution in [0.3, 0.4) is 0 Å². The summed E-state index contributed by atoms with van der Waals surface area (Å²) in [6, 6.07) is 8.88. The van der Waals surface area contributed by atoms with Crippen molar-refractivity contribution in [3.8, 4) is 0 Å². The number of rotatable bonds is 4. The van der Waals surface area contributed by atoms with Crippen LogP contribution >= 0.6 is 0 Å². The minimum absolute atomic E-state index is 0.200. The molecular weight excluding hydrogens is 344 g/mol. The summed E-state index contributed by atoms with van der Waals surface area (Å²) in [6.07, 6.45) is 0.547. The summed E-state index contributed by atoms with van der Waals surface area (Å²) >= 11 is 0. The fourth-order valence-corrected chi connectivity index (χ4v) is 4.36. The van der Waals surface area contributed by atoms with E-state index in [-0.39, 0.29) is 38.4 Å². The first-order valence-electron chi connectivity index (χ1n) is 8.12. The number of urea groups is 1. The second kappa shape index (κ2) is 6.40. The number of carbonyl (C=O) groups excluding carboxylic acids is 2. The number of piperidine rings is 1. The maximum Gasteiger partial charge on any atom is 0.325 e. The average Bonchev–Trinajstić information content (AvgIpc) is 2.80. The SMILES string of the molecule is CN(C)S(=O)(=O)N1CCC2(CC1)NC(=O)N(Cc1ccccc1)C2=O. The van der Waals surface area contributed by atoms with Gasteiger partial charge in [-0.05, 0) is 18.4 Å². The lowest BCUT2D eigenvalue weighted by Crippen LogP contribution is -2.57. The van der Waals surface area contributed by atoms with Crippen molar-refractivity contribution in [1.29, 1.82) is 0 Å². The Hall–Kier alpha value is -1.97. The predicted octanol–water partition coefficient (Wildman–Crippen LogP) is 0.379. The Kier molecular flexibility index (Phi) is 4.56. The van der Waals surface area contributed by atoms with Gasteiger partial charge in [0.2, 0.25) is 0 Å². The highest BCUT2D eigenvalue weighted by atomic mass is 32.2.